The summed E-state index contributed by atoms with van der Waals surface area (Å²) in [5.41, 5.74) is 2.23. The largest absolute Gasteiger partial charge is 0.394 e. The first-order chi connectivity index (χ1) is 11.0. The highest BCUT2D eigenvalue weighted by Gasteiger charge is 2.18. The quantitative estimate of drug-likeness (QED) is 0.718. The van der Waals surface area contributed by atoms with Gasteiger partial charge in [-0.05, 0) is 41.8 Å². The van der Waals surface area contributed by atoms with E-state index in [1.165, 1.54) is 4.68 Å². The SMILES string of the molecule is Cc1ccccc1CC(CO)NC(=O)NC(C)c1nnnn1C. The lowest BCUT2D eigenvalue weighted by molar-refractivity contribution is 0.213. The highest BCUT2D eigenvalue weighted by Crippen LogP contribution is 2.10. The molecule has 0 saturated carbocycles. The molecule has 0 spiro atoms. The summed E-state index contributed by atoms with van der Waals surface area (Å²) >= 11 is 0. The van der Waals surface area contributed by atoms with Crippen LogP contribution in [0.15, 0.2) is 24.3 Å². The number of aliphatic hydroxyl groups is 1. The topological polar surface area (TPSA) is 105 Å². The van der Waals surface area contributed by atoms with Gasteiger partial charge in [0.05, 0.1) is 18.7 Å². The number of nitrogens with one attached hydrogen (secondary N) is 2. The van der Waals surface area contributed by atoms with Gasteiger partial charge in [-0.1, -0.05) is 24.3 Å². The maximum atomic E-state index is 12.1. The van der Waals surface area contributed by atoms with Crippen molar-refractivity contribution in [2.75, 3.05) is 6.61 Å². The molecule has 0 bridgehead atoms. The minimum atomic E-state index is -0.367. The van der Waals surface area contributed by atoms with Crippen molar-refractivity contribution in [3.05, 3.63) is 41.2 Å². The first-order valence-electron chi connectivity index (χ1n) is 7.46. The molecule has 2 rings (SSSR count). The van der Waals surface area contributed by atoms with Crippen molar-refractivity contribution in [2.24, 2.45) is 7.05 Å². The molecule has 124 valence electrons. The van der Waals surface area contributed by atoms with Gasteiger partial charge in [-0.25, -0.2) is 9.48 Å². The van der Waals surface area contributed by atoms with Crippen LogP contribution in [0.3, 0.4) is 0 Å². The summed E-state index contributed by atoms with van der Waals surface area (Å²) in [5.74, 6) is 0.555. The third-order valence-corrected chi connectivity index (χ3v) is 3.67. The van der Waals surface area contributed by atoms with Gasteiger partial charge < -0.3 is 15.7 Å². The van der Waals surface area contributed by atoms with Gasteiger partial charge in [0.2, 0.25) is 0 Å². The number of tetrazole rings is 1. The summed E-state index contributed by atoms with van der Waals surface area (Å²) in [4.78, 5) is 12.1. The van der Waals surface area contributed by atoms with Crippen molar-refractivity contribution in [3.63, 3.8) is 0 Å². The Bertz CT molecular complexity index is 657. The van der Waals surface area contributed by atoms with E-state index in [9.17, 15) is 9.90 Å². The zero-order valence-corrected chi connectivity index (χ0v) is 13.5. The van der Waals surface area contributed by atoms with Crippen LogP contribution >= 0.6 is 0 Å². The Labute approximate surface area is 134 Å². The van der Waals surface area contributed by atoms with Crippen molar-refractivity contribution in [2.45, 2.75) is 32.4 Å². The van der Waals surface area contributed by atoms with Crippen molar-refractivity contribution >= 4 is 6.03 Å². The Balaban J connectivity index is 1.92. The molecule has 0 saturated heterocycles. The van der Waals surface area contributed by atoms with Crippen molar-refractivity contribution in [3.8, 4) is 0 Å². The summed E-state index contributed by atoms with van der Waals surface area (Å²) in [6.07, 6.45) is 0.566. The lowest BCUT2D eigenvalue weighted by Crippen LogP contribution is -2.46. The molecule has 8 heteroatoms. The van der Waals surface area contributed by atoms with Crippen LogP contribution in [0.25, 0.3) is 0 Å². The number of benzene rings is 1. The number of amides is 2. The highest BCUT2D eigenvalue weighted by molar-refractivity contribution is 5.74. The van der Waals surface area contributed by atoms with Crippen LogP contribution in [0.5, 0.6) is 0 Å². The van der Waals surface area contributed by atoms with Gasteiger partial charge in [-0.15, -0.1) is 5.10 Å². The predicted molar refractivity (Wildman–Crippen MR) is 84.6 cm³/mol. The fraction of sp³-hybridized carbons (Fsp3) is 0.467. The zero-order chi connectivity index (χ0) is 16.8. The smallest absolute Gasteiger partial charge is 0.315 e. The van der Waals surface area contributed by atoms with Crippen LogP contribution in [0.1, 0.15) is 29.9 Å². The van der Waals surface area contributed by atoms with Crippen LogP contribution in [0, 0.1) is 6.92 Å². The molecule has 23 heavy (non-hydrogen) atoms. The number of nitrogens with zero attached hydrogens (tertiary/aromatic N) is 4. The summed E-state index contributed by atoms with van der Waals surface area (Å²) in [5, 5.41) is 26.2. The minimum absolute atomic E-state index is 0.137. The summed E-state index contributed by atoms with van der Waals surface area (Å²) in [7, 11) is 1.71. The maximum absolute atomic E-state index is 12.1. The fourth-order valence-corrected chi connectivity index (χ4v) is 2.36. The number of urea groups is 1. The number of hydrogen-bond acceptors (Lipinski definition) is 5. The second-order valence-electron chi connectivity index (χ2n) is 5.51. The molecule has 0 aliphatic rings. The van der Waals surface area contributed by atoms with E-state index >= 15 is 0 Å². The average Bonchev–Trinajstić information content (AvgIpc) is 2.94. The third-order valence-electron chi connectivity index (χ3n) is 3.67. The number of aromatic nitrogens is 4. The van der Waals surface area contributed by atoms with Gasteiger partial charge in [0.1, 0.15) is 0 Å². The zero-order valence-electron chi connectivity index (χ0n) is 13.5. The Morgan fingerprint density at radius 2 is 2.09 bits per heavy atom. The molecule has 2 aromatic rings. The van der Waals surface area contributed by atoms with Crippen LogP contribution in [0.2, 0.25) is 0 Å². The predicted octanol–water partition coefficient (Wildman–Crippen LogP) is 0.482. The molecule has 1 heterocycles. The van der Waals surface area contributed by atoms with Gasteiger partial charge in [0.25, 0.3) is 0 Å². The number of aryl methyl sites for hydroxylation is 2. The number of rotatable bonds is 6. The monoisotopic (exact) mass is 318 g/mol. The summed E-state index contributed by atoms with van der Waals surface area (Å²) in [6.45, 7) is 3.66. The third kappa shape index (κ3) is 4.49. The highest BCUT2D eigenvalue weighted by atomic mass is 16.3. The van der Waals surface area contributed by atoms with E-state index in [0.29, 0.717) is 12.2 Å². The molecular weight excluding hydrogens is 296 g/mol. The van der Waals surface area contributed by atoms with Crippen LogP contribution in [-0.4, -0.2) is 44.0 Å². The molecule has 2 unspecified atom stereocenters. The molecule has 0 aliphatic carbocycles. The van der Waals surface area contributed by atoms with Crippen LogP contribution in [0.4, 0.5) is 4.79 Å². The van der Waals surface area contributed by atoms with Gasteiger partial charge in [0, 0.05) is 7.05 Å². The van der Waals surface area contributed by atoms with E-state index in [2.05, 4.69) is 26.2 Å². The Morgan fingerprint density at radius 3 is 2.70 bits per heavy atom. The number of aliphatic hydroxyl groups excluding tert-OH is 1. The number of carbonyl (C=O) groups excluding carboxylic acids is 1. The molecule has 0 radical (unpaired) electrons. The van der Waals surface area contributed by atoms with Crippen LogP contribution in [-0.2, 0) is 13.5 Å². The molecule has 0 aliphatic heterocycles. The van der Waals surface area contributed by atoms with E-state index in [4.69, 9.17) is 0 Å². The molecule has 1 aromatic carbocycles. The second kappa shape index (κ2) is 7.68. The van der Waals surface area contributed by atoms with Gasteiger partial charge in [-0.2, -0.15) is 0 Å². The summed E-state index contributed by atoms with van der Waals surface area (Å²) in [6, 6.07) is 6.84. The second-order valence-corrected chi connectivity index (χ2v) is 5.51. The molecular formula is C15H22N6O2. The van der Waals surface area contributed by atoms with E-state index in [-0.39, 0.29) is 24.7 Å². The van der Waals surface area contributed by atoms with Crippen LogP contribution < -0.4 is 10.6 Å². The van der Waals surface area contributed by atoms with Crippen molar-refractivity contribution in [1.29, 1.82) is 0 Å². The average molecular weight is 318 g/mol. The number of hydrogen-bond donors (Lipinski definition) is 3. The fourth-order valence-electron chi connectivity index (χ4n) is 2.36. The molecule has 2 amide bonds. The molecule has 8 nitrogen and oxygen atoms in total. The Morgan fingerprint density at radius 1 is 1.35 bits per heavy atom. The molecule has 1 aromatic heterocycles. The van der Waals surface area contributed by atoms with E-state index < -0.39 is 0 Å². The minimum Gasteiger partial charge on any atom is -0.394 e. The van der Waals surface area contributed by atoms with Gasteiger partial charge in [0.15, 0.2) is 5.82 Å². The molecule has 0 fully saturated rings. The van der Waals surface area contributed by atoms with Crippen molar-refractivity contribution in [1.82, 2.24) is 30.8 Å². The standard InChI is InChI=1S/C15H22N6O2/c1-10-6-4-5-7-12(10)8-13(9-22)17-15(23)16-11(2)14-18-19-20-21(14)3/h4-7,11,13,22H,8-9H2,1-3H3,(H2,16,17,23). The Kier molecular flexibility index (Phi) is 5.64. The molecule has 3 N–H and O–H groups in total. The first kappa shape index (κ1) is 16.9. The Hall–Kier alpha value is -2.48. The lowest BCUT2D eigenvalue weighted by Gasteiger charge is -2.19. The first-order valence-corrected chi connectivity index (χ1v) is 7.46. The normalized spacial score (nSPS) is 13.4. The van der Waals surface area contributed by atoms with Crippen molar-refractivity contribution < 1.29 is 9.90 Å². The summed E-state index contributed by atoms with van der Waals surface area (Å²) < 4.78 is 1.50. The van der Waals surface area contributed by atoms with E-state index in [1.54, 1.807) is 14.0 Å². The van der Waals surface area contributed by atoms with E-state index in [1.807, 2.05) is 31.2 Å². The molecule has 2 atom stereocenters. The number of carbonyl (C=O) groups is 1. The van der Waals surface area contributed by atoms with Gasteiger partial charge in [-0.3, -0.25) is 0 Å². The van der Waals surface area contributed by atoms with E-state index in [0.717, 1.165) is 11.1 Å². The maximum Gasteiger partial charge on any atom is 0.315 e. The lowest BCUT2D eigenvalue weighted by atomic mass is 10.0. The van der Waals surface area contributed by atoms with Gasteiger partial charge >= 0.3 is 6.03 Å².